The minimum absolute atomic E-state index is 0.197. The lowest BCUT2D eigenvalue weighted by Gasteiger charge is -2.33. The smallest absolute Gasteiger partial charge is 0.235 e. The van der Waals surface area contributed by atoms with Crippen LogP contribution in [0.15, 0.2) is 0 Å². The molecule has 0 aromatic rings. The Hall–Kier alpha value is -0.580. The molecule has 0 aliphatic heterocycles. The van der Waals surface area contributed by atoms with E-state index in [0.29, 0.717) is 12.8 Å². The molecule has 2 aliphatic rings. The zero-order valence-electron chi connectivity index (χ0n) is 12.7. The third-order valence-electron chi connectivity index (χ3n) is 4.85. The quantitative estimate of drug-likeness (QED) is 0.867. The predicted octanol–water partition coefficient (Wildman–Crippen LogP) is 2.43. The second-order valence-electron chi connectivity index (χ2n) is 7.22. The maximum Gasteiger partial charge on any atom is 0.235 e. The Kier molecular flexibility index (Phi) is 4.77. The van der Waals surface area contributed by atoms with Crippen molar-refractivity contribution in [1.82, 2.24) is 5.32 Å². The molecule has 4 nitrogen and oxygen atoms in total. The van der Waals surface area contributed by atoms with Gasteiger partial charge in [-0.3, -0.25) is 4.79 Å². The molecule has 0 radical (unpaired) electrons. The van der Waals surface area contributed by atoms with Gasteiger partial charge in [-0.2, -0.15) is 0 Å². The zero-order chi connectivity index (χ0) is 14.8. The van der Waals surface area contributed by atoms with Crippen LogP contribution in [0.1, 0.15) is 65.2 Å². The Morgan fingerprint density at radius 2 is 1.65 bits per heavy atom. The van der Waals surface area contributed by atoms with E-state index < -0.39 is 9.84 Å². The van der Waals surface area contributed by atoms with Gasteiger partial charge in [-0.15, -0.1) is 0 Å². The molecule has 2 fully saturated rings. The largest absolute Gasteiger partial charge is 0.352 e. The monoisotopic (exact) mass is 301 g/mol. The third-order valence-corrected chi connectivity index (χ3v) is 7.00. The van der Waals surface area contributed by atoms with Crippen LogP contribution in [0.2, 0.25) is 0 Å². The van der Waals surface area contributed by atoms with Gasteiger partial charge in [0.15, 0.2) is 9.84 Å². The second kappa shape index (κ2) is 6.04. The maximum atomic E-state index is 12.3. The Morgan fingerprint density at radius 3 is 2.20 bits per heavy atom. The van der Waals surface area contributed by atoms with Crippen LogP contribution in [-0.2, 0) is 14.6 Å². The summed E-state index contributed by atoms with van der Waals surface area (Å²) in [5, 5.41) is 2.56. The van der Waals surface area contributed by atoms with Crippen LogP contribution < -0.4 is 5.32 Å². The number of amides is 1. The van der Waals surface area contributed by atoms with Crippen LogP contribution >= 0.6 is 0 Å². The van der Waals surface area contributed by atoms with E-state index >= 15 is 0 Å². The summed E-state index contributed by atoms with van der Waals surface area (Å²) in [6.45, 7) is 4.37. The molecule has 0 spiro atoms. The van der Waals surface area contributed by atoms with Gasteiger partial charge in [-0.25, -0.2) is 8.42 Å². The van der Waals surface area contributed by atoms with Crippen molar-refractivity contribution < 1.29 is 13.2 Å². The fourth-order valence-electron chi connectivity index (χ4n) is 3.37. The van der Waals surface area contributed by atoms with Crippen LogP contribution in [0, 0.1) is 5.41 Å². The molecule has 0 heterocycles. The summed E-state index contributed by atoms with van der Waals surface area (Å²) in [5.41, 5.74) is 0.248. The van der Waals surface area contributed by atoms with Gasteiger partial charge >= 0.3 is 0 Å². The van der Waals surface area contributed by atoms with Crippen LogP contribution in [0.3, 0.4) is 0 Å². The van der Waals surface area contributed by atoms with Gasteiger partial charge in [0.1, 0.15) is 5.75 Å². The Morgan fingerprint density at radius 1 is 1.10 bits per heavy atom. The lowest BCUT2D eigenvalue weighted by atomic mass is 9.77. The summed E-state index contributed by atoms with van der Waals surface area (Å²) in [4.78, 5) is 11.9. The normalized spacial score (nSPS) is 24.7. The number of carbonyl (C=O) groups excluding carboxylic acids is 1. The fourth-order valence-corrected chi connectivity index (χ4v) is 5.01. The molecule has 1 N–H and O–H groups in total. The zero-order valence-corrected chi connectivity index (χ0v) is 13.5. The Labute approximate surface area is 122 Å². The molecule has 0 atom stereocenters. The highest BCUT2D eigenvalue weighted by atomic mass is 32.2. The van der Waals surface area contributed by atoms with E-state index in [9.17, 15) is 13.2 Å². The van der Waals surface area contributed by atoms with Crippen molar-refractivity contribution in [2.75, 3.05) is 5.75 Å². The molecule has 0 unspecified atom stereocenters. The number of hydrogen-bond donors (Lipinski definition) is 1. The first kappa shape index (κ1) is 15.8. The van der Waals surface area contributed by atoms with Crippen molar-refractivity contribution in [1.29, 1.82) is 0 Å². The lowest BCUT2D eigenvalue weighted by molar-refractivity contribution is -0.119. The minimum atomic E-state index is -3.29. The molecule has 2 rings (SSSR count). The minimum Gasteiger partial charge on any atom is -0.352 e. The van der Waals surface area contributed by atoms with E-state index in [4.69, 9.17) is 0 Å². The molecule has 0 aromatic heterocycles. The van der Waals surface area contributed by atoms with Crippen molar-refractivity contribution >= 4 is 15.7 Å². The molecule has 20 heavy (non-hydrogen) atoms. The summed E-state index contributed by atoms with van der Waals surface area (Å²) >= 11 is 0. The standard InChI is InChI=1S/C15H27NO3S/c1-15(2)9-7-13(8-10-15)20(18,19)11-14(17)16-12-5-3-4-6-12/h12-13H,3-11H2,1-2H3,(H,16,17). The number of hydrogen-bond acceptors (Lipinski definition) is 3. The van der Waals surface area contributed by atoms with Crippen LogP contribution in [-0.4, -0.2) is 31.4 Å². The predicted molar refractivity (Wildman–Crippen MR) is 80.2 cm³/mol. The van der Waals surface area contributed by atoms with Crippen LogP contribution in [0.25, 0.3) is 0 Å². The van der Waals surface area contributed by atoms with Crippen molar-refractivity contribution in [2.45, 2.75) is 76.5 Å². The van der Waals surface area contributed by atoms with E-state index in [1.165, 1.54) is 0 Å². The highest BCUT2D eigenvalue weighted by molar-refractivity contribution is 7.92. The van der Waals surface area contributed by atoms with E-state index in [-0.39, 0.29) is 28.4 Å². The van der Waals surface area contributed by atoms with Gasteiger partial charge in [0, 0.05) is 6.04 Å². The average Bonchev–Trinajstić information content (AvgIpc) is 2.80. The van der Waals surface area contributed by atoms with Crippen molar-refractivity contribution in [3.05, 3.63) is 0 Å². The molecule has 0 aromatic carbocycles. The first-order chi connectivity index (χ1) is 9.28. The number of nitrogens with one attached hydrogen (secondary N) is 1. The maximum absolute atomic E-state index is 12.3. The van der Waals surface area contributed by atoms with Crippen molar-refractivity contribution in [3.63, 3.8) is 0 Å². The summed E-state index contributed by atoms with van der Waals surface area (Å²) in [6.07, 6.45) is 7.51. The second-order valence-corrected chi connectivity index (χ2v) is 9.50. The lowest BCUT2D eigenvalue weighted by Crippen LogP contribution is -2.40. The molecule has 0 saturated heterocycles. The van der Waals surface area contributed by atoms with E-state index in [2.05, 4.69) is 19.2 Å². The van der Waals surface area contributed by atoms with Gasteiger partial charge in [-0.05, 0) is 43.9 Å². The van der Waals surface area contributed by atoms with Gasteiger partial charge in [-0.1, -0.05) is 26.7 Å². The Bertz CT molecular complexity index is 440. The van der Waals surface area contributed by atoms with Gasteiger partial charge in [0.05, 0.1) is 5.25 Å². The molecule has 0 bridgehead atoms. The molecule has 1 amide bonds. The molecule has 2 saturated carbocycles. The first-order valence-corrected chi connectivity index (χ1v) is 9.51. The molecular formula is C15H27NO3S. The number of carbonyl (C=O) groups is 1. The van der Waals surface area contributed by atoms with E-state index in [1.54, 1.807) is 0 Å². The molecule has 116 valence electrons. The van der Waals surface area contributed by atoms with Crippen molar-refractivity contribution in [3.8, 4) is 0 Å². The highest BCUT2D eigenvalue weighted by Gasteiger charge is 2.35. The summed E-state index contributed by atoms with van der Waals surface area (Å²) in [6, 6.07) is 0.197. The number of rotatable bonds is 4. The van der Waals surface area contributed by atoms with Gasteiger partial charge < -0.3 is 5.32 Å². The van der Waals surface area contributed by atoms with Crippen LogP contribution in [0.5, 0.6) is 0 Å². The van der Waals surface area contributed by atoms with E-state index in [0.717, 1.165) is 38.5 Å². The Balaban J connectivity index is 1.85. The summed E-state index contributed by atoms with van der Waals surface area (Å²) in [5.74, 6) is -0.629. The SMILES string of the molecule is CC1(C)CCC(S(=O)(=O)CC(=O)NC2CCCC2)CC1. The van der Waals surface area contributed by atoms with Gasteiger partial charge in [0.25, 0.3) is 0 Å². The summed E-state index contributed by atoms with van der Waals surface area (Å²) in [7, 11) is -3.29. The molecule has 5 heteroatoms. The van der Waals surface area contributed by atoms with Gasteiger partial charge in [0.2, 0.25) is 5.91 Å². The molecule has 2 aliphatic carbocycles. The fraction of sp³-hybridized carbons (Fsp3) is 0.933. The highest BCUT2D eigenvalue weighted by Crippen LogP contribution is 2.37. The van der Waals surface area contributed by atoms with E-state index in [1.807, 2.05) is 0 Å². The molecular weight excluding hydrogens is 274 g/mol. The number of sulfone groups is 1. The van der Waals surface area contributed by atoms with Crippen LogP contribution in [0.4, 0.5) is 0 Å². The summed E-state index contributed by atoms with van der Waals surface area (Å²) < 4.78 is 24.6. The average molecular weight is 301 g/mol. The van der Waals surface area contributed by atoms with Crippen molar-refractivity contribution in [2.24, 2.45) is 5.41 Å². The topological polar surface area (TPSA) is 63.2 Å². The third kappa shape index (κ3) is 4.21. The first-order valence-electron chi connectivity index (χ1n) is 7.79.